The smallest absolute Gasteiger partial charge is 0.251 e. The third-order valence-corrected chi connectivity index (χ3v) is 6.78. The molecule has 4 aromatic rings. The topological polar surface area (TPSA) is 67.0 Å². The summed E-state index contributed by atoms with van der Waals surface area (Å²) in [7, 11) is 0. The zero-order chi connectivity index (χ0) is 26.7. The van der Waals surface area contributed by atoms with Crippen molar-refractivity contribution in [3.8, 4) is 17.1 Å². The van der Waals surface area contributed by atoms with Crippen LogP contribution in [0.25, 0.3) is 11.3 Å². The maximum Gasteiger partial charge on any atom is 0.251 e. The number of rotatable bonds is 7. The Kier molecular flexibility index (Phi) is 7.53. The Hall–Kier alpha value is -3.86. The Bertz CT molecular complexity index is 1390. The predicted molar refractivity (Wildman–Crippen MR) is 150 cm³/mol. The first-order valence-electron chi connectivity index (χ1n) is 12.8. The molecule has 1 amide bonds. The number of hydrogen-bond donors (Lipinski definition) is 2. The van der Waals surface area contributed by atoms with Gasteiger partial charge in [-0.3, -0.25) is 9.89 Å². The summed E-state index contributed by atoms with van der Waals surface area (Å²) in [6.45, 7) is 15.2. The van der Waals surface area contributed by atoms with Gasteiger partial charge in [0.25, 0.3) is 5.91 Å². The maximum atomic E-state index is 12.9. The zero-order valence-corrected chi connectivity index (χ0v) is 22.9. The number of nitrogens with zero attached hydrogens (tertiary/aromatic N) is 1. The van der Waals surface area contributed by atoms with Gasteiger partial charge >= 0.3 is 0 Å². The first-order valence-corrected chi connectivity index (χ1v) is 12.8. The van der Waals surface area contributed by atoms with E-state index < -0.39 is 6.10 Å². The fourth-order valence-electron chi connectivity index (χ4n) is 4.67. The molecule has 3 aromatic carbocycles. The van der Waals surface area contributed by atoms with Crippen LogP contribution in [-0.4, -0.2) is 22.6 Å². The quantitative estimate of drug-likeness (QED) is 0.286. The van der Waals surface area contributed by atoms with E-state index in [1.165, 1.54) is 16.7 Å². The summed E-state index contributed by atoms with van der Waals surface area (Å²) >= 11 is 0. The second kappa shape index (κ2) is 10.6. The number of aryl methyl sites for hydroxylation is 4. The Morgan fingerprint density at radius 2 is 1.62 bits per heavy atom. The molecule has 1 aromatic heterocycles. The summed E-state index contributed by atoms with van der Waals surface area (Å²) < 4.78 is 6.44. The van der Waals surface area contributed by atoms with Crippen molar-refractivity contribution in [1.82, 2.24) is 15.5 Å². The van der Waals surface area contributed by atoms with Crippen LogP contribution in [0.15, 0.2) is 66.7 Å². The largest absolute Gasteiger partial charge is 0.466 e. The van der Waals surface area contributed by atoms with Crippen LogP contribution in [0.5, 0.6) is 5.88 Å². The van der Waals surface area contributed by atoms with Crippen molar-refractivity contribution in [2.45, 2.75) is 60.0 Å². The average Bonchev–Trinajstić information content (AvgIpc) is 3.29. The SMILES string of the molecule is Cc1cccc(C(=O)NCC(Oc2cc(-c3c(C)cccc3C)[nH]n2)c2ccc(C(C)(C)C)cc2C)c1. The average molecular weight is 496 g/mol. The van der Waals surface area contributed by atoms with Gasteiger partial charge < -0.3 is 10.1 Å². The number of amides is 1. The van der Waals surface area contributed by atoms with Gasteiger partial charge in [-0.2, -0.15) is 0 Å². The molecule has 192 valence electrons. The van der Waals surface area contributed by atoms with Crippen molar-refractivity contribution in [2.75, 3.05) is 6.54 Å². The van der Waals surface area contributed by atoms with Crippen molar-refractivity contribution in [3.63, 3.8) is 0 Å². The van der Waals surface area contributed by atoms with Crippen LogP contribution in [0.1, 0.15) is 70.6 Å². The molecular formula is C32H37N3O2. The lowest BCUT2D eigenvalue weighted by Crippen LogP contribution is -2.31. The summed E-state index contributed by atoms with van der Waals surface area (Å²) in [6, 6.07) is 22.2. The molecule has 0 aliphatic carbocycles. The first-order chi connectivity index (χ1) is 17.5. The van der Waals surface area contributed by atoms with Crippen LogP contribution in [0.2, 0.25) is 0 Å². The molecule has 0 bridgehead atoms. The summed E-state index contributed by atoms with van der Waals surface area (Å²) in [6.07, 6.45) is -0.406. The van der Waals surface area contributed by atoms with E-state index in [0.717, 1.165) is 27.9 Å². The molecule has 1 unspecified atom stereocenters. The number of ether oxygens (including phenoxy) is 1. The van der Waals surface area contributed by atoms with Crippen LogP contribution in [0.3, 0.4) is 0 Å². The van der Waals surface area contributed by atoms with Gasteiger partial charge in [-0.1, -0.05) is 74.9 Å². The summed E-state index contributed by atoms with van der Waals surface area (Å²) in [4.78, 5) is 12.9. The number of carbonyl (C=O) groups is 1. The minimum absolute atomic E-state index is 0.0432. The van der Waals surface area contributed by atoms with Crippen molar-refractivity contribution in [2.24, 2.45) is 0 Å². The third kappa shape index (κ3) is 6.11. The fraction of sp³-hybridized carbons (Fsp3) is 0.312. The van der Waals surface area contributed by atoms with Gasteiger partial charge in [-0.15, -0.1) is 5.10 Å². The van der Waals surface area contributed by atoms with Crippen LogP contribution in [0.4, 0.5) is 0 Å². The number of nitrogens with one attached hydrogen (secondary N) is 2. The van der Waals surface area contributed by atoms with E-state index in [9.17, 15) is 4.79 Å². The number of hydrogen-bond acceptors (Lipinski definition) is 3. The summed E-state index contributed by atoms with van der Waals surface area (Å²) in [5.41, 5.74) is 9.50. The minimum atomic E-state index is -0.406. The molecule has 0 spiro atoms. The van der Waals surface area contributed by atoms with Gasteiger partial charge in [-0.25, -0.2) is 0 Å². The van der Waals surface area contributed by atoms with Crippen LogP contribution in [-0.2, 0) is 5.41 Å². The normalized spacial score (nSPS) is 12.3. The molecule has 0 aliphatic rings. The molecule has 2 N–H and O–H groups in total. The van der Waals surface area contributed by atoms with E-state index in [-0.39, 0.29) is 11.3 Å². The Morgan fingerprint density at radius 1 is 0.919 bits per heavy atom. The second-order valence-corrected chi connectivity index (χ2v) is 10.9. The van der Waals surface area contributed by atoms with Crippen molar-refractivity contribution < 1.29 is 9.53 Å². The molecule has 5 heteroatoms. The lowest BCUT2D eigenvalue weighted by atomic mass is 9.85. The molecule has 0 radical (unpaired) electrons. The molecule has 5 nitrogen and oxygen atoms in total. The molecule has 1 heterocycles. The van der Waals surface area contributed by atoms with Crippen molar-refractivity contribution in [3.05, 3.63) is 106 Å². The third-order valence-electron chi connectivity index (χ3n) is 6.78. The highest BCUT2D eigenvalue weighted by atomic mass is 16.5. The Labute approximate surface area is 220 Å². The Morgan fingerprint density at radius 3 is 2.27 bits per heavy atom. The highest BCUT2D eigenvalue weighted by molar-refractivity contribution is 5.94. The van der Waals surface area contributed by atoms with E-state index >= 15 is 0 Å². The highest BCUT2D eigenvalue weighted by Gasteiger charge is 2.22. The zero-order valence-electron chi connectivity index (χ0n) is 22.9. The van der Waals surface area contributed by atoms with E-state index in [1.54, 1.807) is 0 Å². The van der Waals surface area contributed by atoms with Gasteiger partial charge in [0.1, 0.15) is 6.10 Å². The number of aromatic nitrogens is 2. The first kappa shape index (κ1) is 26.2. The number of H-pyrrole nitrogens is 1. The molecule has 37 heavy (non-hydrogen) atoms. The monoisotopic (exact) mass is 495 g/mol. The van der Waals surface area contributed by atoms with E-state index in [1.807, 2.05) is 37.3 Å². The standard InChI is InChI=1S/C32H37N3O2/c1-20-10-8-13-24(16-20)31(36)33-19-28(26-15-14-25(17-23(26)4)32(5,6)7)37-29-18-27(34-35-29)30-21(2)11-9-12-22(30)3/h8-18,28H,19H2,1-7H3,(H,33,36)(H,34,35). The van der Waals surface area contributed by atoms with E-state index in [0.29, 0.717) is 18.0 Å². The second-order valence-electron chi connectivity index (χ2n) is 10.9. The van der Waals surface area contributed by atoms with E-state index in [2.05, 4.69) is 93.5 Å². The van der Waals surface area contributed by atoms with Gasteiger partial charge in [-0.05, 0) is 73.1 Å². The lowest BCUT2D eigenvalue weighted by Gasteiger charge is -2.24. The predicted octanol–water partition coefficient (Wildman–Crippen LogP) is 7.16. The van der Waals surface area contributed by atoms with Crippen molar-refractivity contribution in [1.29, 1.82) is 0 Å². The van der Waals surface area contributed by atoms with E-state index in [4.69, 9.17) is 4.74 Å². The van der Waals surface area contributed by atoms with Gasteiger partial charge in [0, 0.05) is 17.2 Å². The van der Waals surface area contributed by atoms with Crippen molar-refractivity contribution >= 4 is 5.91 Å². The molecule has 0 saturated carbocycles. The molecule has 0 aliphatic heterocycles. The molecule has 0 fully saturated rings. The lowest BCUT2D eigenvalue weighted by molar-refractivity contribution is 0.0925. The van der Waals surface area contributed by atoms with Gasteiger partial charge in [0.2, 0.25) is 5.88 Å². The number of aromatic amines is 1. The van der Waals surface area contributed by atoms with Gasteiger partial charge in [0.15, 0.2) is 0 Å². The molecule has 0 saturated heterocycles. The Balaban J connectivity index is 1.63. The van der Waals surface area contributed by atoms with Crippen LogP contribution >= 0.6 is 0 Å². The van der Waals surface area contributed by atoms with Gasteiger partial charge in [0.05, 0.1) is 12.2 Å². The van der Waals surface area contributed by atoms with Crippen LogP contribution in [0, 0.1) is 27.7 Å². The molecular weight excluding hydrogens is 458 g/mol. The molecule has 1 atom stereocenters. The minimum Gasteiger partial charge on any atom is -0.466 e. The van der Waals surface area contributed by atoms with Crippen LogP contribution < -0.4 is 10.1 Å². The summed E-state index contributed by atoms with van der Waals surface area (Å²) in [5.74, 6) is 0.367. The highest BCUT2D eigenvalue weighted by Crippen LogP contribution is 2.31. The fourth-order valence-corrected chi connectivity index (χ4v) is 4.67. The maximum absolute atomic E-state index is 12.9. The summed E-state index contributed by atoms with van der Waals surface area (Å²) in [5, 5.41) is 10.7. The number of carbonyl (C=O) groups excluding carboxylic acids is 1. The molecule has 4 rings (SSSR count). The number of benzene rings is 3.